The number of likely N-dealkylation sites (N-methyl/N-ethyl adjacent to an activating group) is 1. The van der Waals surface area contributed by atoms with Crippen LogP contribution in [0.1, 0.15) is 112 Å². The average molecular weight is 425 g/mol. The molecule has 0 saturated carbocycles. The fourth-order valence-corrected chi connectivity index (χ4v) is 5.04. The van der Waals surface area contributed by atoms with Crippen LogP contribution in [0.2, 0.25) is 0 Å². The van der Waals surface area contributed by atoms with Crippen LogP contribution in [0.15, 0.2) is 0 Å². The molecule has 0 atom stereocenters. The van der Waals surface area contributed by atoms with Gasteiger partial charge in [0.2, 0.25) is 0 Å². The second kappa shape index (κ2) is 13.3. The first kappa shape index (κ1) is 26.9. The lowest BCUT2D eigenvalue weighted by Crippen LogP contribution is -2.51. The minimum Gasteiger partial charge on any atom is -0.381 e. The number of hydrogen-bond acceptors (Lipinski definition) is 3. The second-order valence-electron chi connectivity index (χ2n) is 9.04. The summed E-state index contributed by atoms with van der Waals surface area (Å²) in [5, 5.41) is 0. The summed E-state index contributed by atoms with van der Waals surface area (Å²) in [6, 6.07) is -0.107. The van der Waals surface area contributed by atoms with E-state index in [1.807, 2.05) is 6.92 Å². The predicted molar refractivity (Wildman–Crippen MR) is 125 cm³/mol. The number of ether oxygens (including phenoxy) is 1. The van der Waals surface area contributed by atoms with Crippen molar-refractivity contribution in [2.75, 3.05) is 26.3 Å². The molecule has 0 aromatic heterocycles. The van der Waals surface area contributed by atoms with Gasteiger partial charge in [-0.15, -0.1) is 0 Å². The van der Waals surface area contributed by atoms with Gasteiger partial charge in [-0.05, 0) is 57.3 Å². The lowest BCUT2D eigenvalue weighted by atomic mass is 9.76. The van der Waals surface area contributed by atoms with Crippen LogP contribution in [0.4, 0.5) is 4.79 Å². The maximum atomic E-state index is 12.7. The quantitative estimate of drug-likeness (QED) is 0.200. The SMILES string of the molecule is CCN1CC(=O)N(C(CC)(CC)CCCCOCCCCC(CC)(CC)CC)C1=O. The van der Waals surface area contributed by atoms with Gasteiger partial charge < -0.3 is 9.64 Å². The molecule has 1 aliphatic rings. The van der Waals surface area contributed by atoms with Crippen molar-refractivity contribution in [1.29, 1.82) is 0 Å². The third-order valence-corrected chi connectivity index (χ3v) is 7.89. The van der Waals surface area contributed by atoms with Gasteiger partial charge in [-0.25, -0.2) is 4.79 Å². The first-order chi connectivity index (χ1) is 14.4. The predicted octanol–water partition coefficient (Wildman–Crippen LogP) is 6.40. The minimum absolute atomic E-state index is 0.0379. The van der Waals surface area contributed by atoms with Crippen molar-refractivity contribution in [3.05, 3.63) is 0 Å². The molecule has 0 aromatic carbocycles. The molecule has 1 saturated heterocycles. The fraction of sp³-hybridized carbons (Fsp3) is 0.920. The Morgan fingerprint density at radius 1 is 0.767 bits per heavy atom. The maximum absolute atomic E-state index is 12.7. The first-order valence-corrected chi connectivity index (χ1v) is 12.6. The second-order valence-corrected chi connectivity index (χ2v) is 9.04. The molecule has 1 rings (SSSR count). The smallest absolute Gasteiger partial charge is 0.327 e. The largest absolute Gasteiger partial charge is 0.381 e. The fourth-order valence-electron chi connectivity index (χ4n) is 5.04. The number of hydrogen-bond donors (Lipinski definition) is 0. The number of unbranched alkanes of at least 4 members (excludes halogenated alkanes) is 2. The Morgan fingerprint density at radius 3 is 1.73 bits per heavy atom. The highest BCUT2D eigenvalue weighted by atomic mass is 16.5. The van der Waals surface area contributed by atoms with Gasteiger partial charge in [0.05, 0.1) is 5.54 Å². The van der Waals surface area contributed by atoms with Crippen molar-refractivity contribution in [2.45, 2.75) is 118 Å². The summed E-state index contributed by atoms with van der Waals surface area (Å²) < 4.78 is 5.88. The van der Waals surface area contributed by atoms with E-state index in [0.29, 0.717) is 12.0 Å². The number of amides is 3. The van der Waals surface area contributed by atoms with E-state index in [4.69, 9.17) is 4.74 Å². The maximum Gasteiger partial charge on any atom is 0.327 e. The van der Waals surface area contributed by atoms with E-state index in [2.05, 4.69) is 34.6 Å². The van der Waals surface area contributed by atoms with Gasteiger partial charge in [0, 0.05) is 19.8 Å². The highest BCUT2D eigenvalue weighted by Crippen LogP contribution is 2.36. The van der Waals surface area contributed by atoms with E-state index < -0.39 is 0 Å². The summed E-state index contributed by atoms with van der Waals surface area (Å²) in [5.74, 6) is -0.0379. The summed E-state index contributed by atoms with van der Waals surface area (Å²) >= 11 is 0. The molecule has 3 amide bonds. The molecule has 1 heterocycles. The van der Waals surface area contributed by atoms with Gasteiger partial charge in [-0.1, -0.05) is 60.3 Å². The van der Waals surface area contributed by atoms with E-state index in [0.717, 1.165) is 51.7 Å². The normalized spacial score (nSPS) is 15.5. The monoisotopic (exact) mass is 424 g/mol. The van der Waals surface area contributed by atoms with Crippen LogP contribution in [0.25, 0.3) is 0 Å². The molecule has 0 N–H and O–H groups in total. The Morgan fingerprint density at radius 2 is 1.30 bits per heavy atom. The highest BCUT2D eigenvalue weighted by molar-refractivity contribution is 6.02. The summed E-state index contributed by atoms with van der Waals surface area (Å²) in [4.78, 5) is 28.4. The summed E-state index contributed by atoms with van der Waals surface area (Å²) in [6.07, 6.45) is 12.0. The zero-order valence-electron chi connectivity index (χ0n) is 20.7. The molecule has 0 spiro atoms. The van der Waals surface area contributed by atoms with Crippen LogP contribution in [-0.2, 0) is 9.53 Å². The highest BCUT2D eigenvalue weighted by Gasteiger charge is 2.46. The zero-order chi connectivity index (χ0) is 22.6. The van der Waals surface area contributed by atoms with Crippen LogP contribution in [0.3, 0.4) is 0 Å². The van der Waals surface area contributed by atoms with E-state index in [1.165, 1.54) is 32.1 Å². The molecule has 5 heteroatoms. The van der Waals surface area contributed by atoms with E-state index in [-0.39, 0.29) is 24.0 Å². The summed E-state index contributed by atoms with van der Waals surface area (Å²) in [5.41, 5.74) is 0.184. The molecule has 0 unspecified atom stereocenters. The number of urea groups is 1. The Labute approximate surface area is 185 Å². The van der Waals surface area contributed by atoms with Crippen LogP contribution in [0.5, 0.6) is 0 Å². The molecular formula is C25H48N2O3. The molecular weight excluding hydrogens is 376 g/mol. The van der Waals surface area contributed by atoms with Crippen LogP contribution >= 0.6 is 0 Å². The molecule has 30 heavy (non-hydrogen) atoms. The standard InChI is InChI=1S/C25H48N2O3/c1-7-24(8-2,9-3)17-13-15-19-30-20-16-14-18-25(10-4,11-5)27-22(28)21-26(12-6)23(27)29/h7-21H2,1-6H3. The Bertz CT molecular complexity index is 504. The Hall–Kier alpha value is -1.10. The van der Waals surface area contributed by atoms with Gasteiger partial charge in [-0.3, -0.25) is 9.69 Å². The number of carbonyl (C=O) groups is 2. The lowest BCUT2D eigenvalue weighted by molar-refractivity contribution is -0.130. The third-order valence-electron chi connectivity index (χ3n) is 7.89. The number of rotatable bonds is 17. The first-order valence-electron chi connectivity index (χ1n) is 12.6. The van der Waals surface area contributed by atoms with E-state index >= 15 is 0 Å². The number of nitrogens with zero attached hydrogens (tertiary/aromatic N) is 2. The molecule has 0 bridgehead atoms. The van der Waals surface area contributed by atoms with Crippen molar-refractivity contribution in [1.82, 2.24) is 9.80 Å². The van der Waals surface area contributed by atoms with Crippen molar-refractivity contribution >= 4 is 11.9 Å². The van der Waals surface area contributed by atoms with Crippen LogP contribution in [-0.4, -0.2) is 53.6 Å². The van der Waals surface area contributed by atoms with E-state index in [1.54, 1.807) is 9.80 Å². The van der Waals surface area contributed by atoms with Gasteiger partial charge in [-0.2, -0.15) is 0 Å². The number of imide groups is 1. The topological polar surface area (TPSA) is 49.9 Å². The summed E-state index contributed by atoms with van der Waals surface area (Å²) in [7, 11) is 0. The van der Waals surface area contributed by atoms with Crippen molar-refractivity contribution < 1.29 is 14.3 Å². The average Bonchev–Trinajstić information content (AvgIpc) is 3.07. The molecule has 176 valence electrons. The van der Waals surface area contributed by atoms with Gasteiger partial charge in [0.1, 0.15) is 6.54 Å². The lowest BCUT2D eigenvalue weighted by Gasteiger charge is -2.39. The van der Waals surface area contributed by atoms with Crippen LogP contribution in [0, 0.1) is 5.41 Å². The minimum atomic E-state index is -0.345. The molecule has 0 aliphatic carbocycles. The van der Waals surface area contributed by atoms with Crippen molar-refractivity contribution in [2.24, 2.45) is 5.41 Å². The van der Waals surface area contributed by atoms with Gasteiger partial charge in [0.25, 0.3) is 5.91 Å². The number of carbonyl (C=O) groups excluding carboxylic acids is 2. The summed E-state index contributed by atoms with van der Waals surface area (Å²) in [6.45, 7) is 15.5. The molecule has 1 fully saturated rings. The Kier molecular flexibility index (Phi) is 12.0. The molecule has 0 radical (unpaired) electrons. The molecule has 0 aromatic rings. The third kappa shape index (κ3) is 6.70. The Balaban J connectivity index is 2.34. The van der Waals surface area contributed by atoms with Crippen LogP contribution < -0.4 is 0 Å². The molecule has 1 aliphatic heterocycles. The zero-order valence-corrected chi connectivity index (χ0v) is 20.7. The van der Waals surface area contributed by atoms with Gasteiger partial charge in [0.15, 0.2) is 0 Å². The van der Waals surface area contributed by atoms with Crippen molar-refractivity contribution in [3.8, 4) is 0 Å². The molecule has 5 nitrogen and oxygen atoms in total. The van der Waals surface area contributed by atoms with Gasteiger partial charge >= 0.3 is 6.03 Å². The van der Waals surface area contributed by atoms with Crippen molar-refractivity contribution in [3.63, 3.8) is 0 Å². The van der Waals surface area contributed by atoms with E-state index in [9.17, 15) is 9.59 Å².